The maximum Gasteiger partial charge on any atom is 0.274 e. The molecule has 8 aromatic rings. The van der Waals surface area contributed by atoms with Crippen LogP contribution in [0.5, 0.6) is 11.5 Å². The third kappa shape index (κ3) is 13.1. The van der Waals surface area contributed by atoms with E-state index in [4.69, 9.17) is 18.9 Å². The number of fused-ring (bicyclic) bond motifs is 2. The average molecular weight is 1220 g/mol. The van der Waals surface area contributed by atoms with E-state index in [9.17, 15) is 41.8 Å². The highest BCUT2D eigenvalue weighted by Gasteiger charge is 2.45. The number of rotatable bonds is 18. The van der Waals surface area contributed by atoms with Gasteiger partial charge in [-0.3, -0.25) is 19.2 Å². The zero-order valence-electron chi connectivity index (χ0n) is 48.5. The third-order valence-corrected chi connectivity index (χ3v) is 17.6. The van der Waals surface area contributed by atoms with Crippen molar-refractivity contribution in [2.75, 3.05) is 32.9 Å². The molecule has 4 aromatic carbocycles. The van der Waals surface area contributed by atoms with E-state index < -0.39 is 45.2 Å². The lowest BCUT2D eigenvalue weighted by molar-refractivity contribution is -0.177. The van der Waals surface area contributed by atoms with E-state index >= 15 is 0 Å². The summed E-state index contributed by atoms with van der Waals surface area (Å²) in [6.45, 7) is 12.8. The first kappa shape index (κ1) is 61.3. The fourth-order valence-corrected chi connectivity index (χ4v) is 12.6. The Bertz CT molecular complexity index is 3890. The molecule has 11 rings (SSSR count). The van der Waals surface area contributed by atoms with Gasteiger partial charge >= 0.3 is 0 Å². The predicted molar refractivity (Wildman–Crippen MR) is 320 cm³/mol. The van der Waals surface area contributed by atoms with Gasteiger partial charge in [-0.25, -0.2) is 27.5 Å². The molecule has 3 aliphatic heterocycles. The van der Waals surface area contributed by atoms with E-state index in [2.05, 4.69) is 9.97 Å². The number of nitrogens with zero attached hydrogens (tertiary/aromatic N) is 6. The fraction of sp³-hybridized carbons (Fsp3) is 0.354. The van der Waals surface area contributed by atoms with E-state index in [1.54, 1.807) is 39.2 Å². The summed E-state index contributed by atoms with van der Waals surface area (Å²) in [7, 11) is 0. The monoisotopic (exact) mass is 1210 g/mol. The van der Waals surface area contributed by atoms with Gasteiger partial charge in [-0.15, -0.1) is 22.7 Å². The van der Waals surface area contributed by atoms with Crippen molar-refractivity contribution in [2.24, 2.45) is 0 Å². The first-order valence-electron chi connectivity index (χ1n) is 28.4. The lowest BCUT2D eigenvalue weighted by Crippen LogP contribution is -2.57. The number of ether oxygens (including phenoxy) is 4. The van der Waals surface area contributed by atoms with Crippen molar-refractivity contribution in [2.45, 2.75) is 116 Å². The van der Waals surface area contributed by atoms with Crippen molar-refractivity contribution in [3.05, 3.63) is 209 Å². The van der Waals surface area contributed by atoms with Gasteiger partial charge in [-0.1, -0.05) is 72.8 Å². The van der Waals surface area contributed by atoms with Gasteiger partial charge in [-0.2, -0.15) is 0 Å². The topological polar surface area (TPSA) is 168 Å². The average Bonchev–Trinajstić information content (AvgIpc) is 1.83. The number of thiazole rings is 2. The van der Waals surface area contributed by atoms with Crippen LogP contribution in [0, 0.1) is 23.3 Å². The second kappa shape index (κ2) is 26.0. The van der Waals surface area contributed by atoms with Gasteiger partial charge in [0.05, 0.1) is 35.4 Å². The molecule has 1 N–H and O–H groups in total. The van der Waals surface area contributed by atoms with Crippen LogP contribution in [-0.4, -0.2) is 97.1 Å². The van der Waals surface area contributed by atoms with Crippen molar-refractivity contribution < 1.29 is 51.2 Å². The first-order chi connectivity index (χ1) is 41.2. The van der Waals surface area contributed by atoms with Gasteiger partial charge in [0, 0.05) is 91.3 Å². The molecule has 450 valence electrons. The summed E-state index contributed by atoms with van der Waals surface area (Å²) in [5.41, 5.74) is 0.295. The highest BCUT2D eigenvalue weighted by atomic mass is 32.1. The molecule has 2 amide bonds. The van der Waals surface area contributed by atoms with Crippen LogP contribution in [0.4, 0.5) is 17.6 Å². The number of aliphatic hydroxyl groups is 1. The van der Waals surface area contributed by atoms with E-state index in [1.165, 1.54) is 46.9 Å². The predicted octanol–water partition coefficient (Wildman–Crippen LogP) is 11.5. The standard InChI is InChI=1S/C35H37F2N3O5S.C30H29F2N3O4S/c1-22(2)39-20-35(3,21-45-29-11-7-8-14-43-29)40-18-27(33-38-17-26(46-33)15-24-12-13-25(36)16-28(24)37)31(41)32(30(40)34(39)42)44-19-23-9-5-4-6-10-23;1-18(2)34-16-30(3,17-36)35-14-23(28-33-13-22(40-28)11-20-9-10-21(31)12-24(20)32)26(37)27(25(35)29(34)38)39-15-19-7-5-4-6-8-19/h4-6,9-10,12-13,16-18,22,29H,7-8,11,14-15,19-21H2,1-3H3;4-10,12-14,18,36H,11,15-17H2,1-3H3. The Labute approximate surface area is 503 Å². The summed E-state index contributed by atoms with van der Waals surface area (Å²) < 4.78 is 83.4. The van der Waals surface area contributed by atoms with Crippen LogP contribution in [0.15, 0.2) is 131 Å². The molecule has 86 heavy (non-hydrogen) atoms. The van der Waals surface area contributed by atoms with Crippen molar-refractivity contribution in [1.29, 1.82) is 0 Å². The summed E-state index contributed by atoms with van der Waals surface area (Å²) in [6.07, 6.45) is 9.16. The number of aliphatic hydroxyl groups excluding tert-OH is 1. The molecule has 3 aliphatic rings. The minimum Gasteiger partial charge on any atom is -0.483 e. The van der Waals surface area contributed by atoms with Gasteiger partial charge in [0.1, 0.15) is 46.5 Å². The summed E-state index contributed by atoms with van der Waals surface area (Å²) in [5.74, 6) is -3.45. The van der Waals surface area contributed by atoms with Crippen LogP contribution >= 0.6 is 22.7 Å². The van der Waals surface area contributed by atoms with Crippen molar-refractivity contribution in [1.82, 2.24) is 28.9 Å². The molecule has 7 heterocycles. The smallest absolute Gasteiger partial charge is 0.274 e. The van der Waals surface area contributed by atoms with Gasteiger partial charge in [-0.05, 0) is 95.2 Å². The molecule has 1 fully saturated rings. The number of hydrogen-bond donors (Lipinski definition) is 1. The van der Waals surface area contributed by atoms with Crippen molar-refractivity contribution >= 4 is 34.5 Å². The Morgan fingerprint density at radius 1 is 0.640 bits per heavy atom. The third-order valence-electron chi connectivity index (χ3n) is 15.5. The van der Waals surface area contributed by atoms with E-state index in [0.29, 0.717) is 44.0 Å². The van der Waals surface area contributed by atoms with Crippen LogP contribution in [0.1, 0.15) is 114 Å². The number of carbonyl (C=O) groups excluding carboxylic acids is 2. The van der Waals surface area contributed by atoms with Crippen molar-refractivity contribution in [3.8, 4) is 32.6 Å². The SMILES string of the molecule is CC(C)N1CC(C)(CO)n2cc(-c3ncc(Cc4ccc(F)cc4F)s3)c(=O)c(OCc3ccccc3)c2C1=O.CC(C)N1CC(C)(COC2CCCCO2)n2cc(-c3ncc(Cc4ccc(F)cc4F)s3)c(=O)c(OCc3ccccc3)c2C1=O. The molecule has 4 aromatic heterocycles. The zero-order chi connectivity index (χ0) is 61.0. The Kier molecular flexibility index (Phi) is 18.5. The van der Waals surface area contributed by atoms with Gasteiger partial charge < -0.3 is 43.0 Å². The van der Waals surface area contributed by atoms with E-state index in [-0.39, 0.29) is 110 Å². The minimum absolute atomic E-state index is 0.0572. The number of aromatic nitrogens is 4. The second-order valence-corrected chi connectivity index (χ2v) is 25.0. The van der Waals surface area contributed by atoms with Gasteiger partial charge in [0.25, 0.3) is 11.8 Å². The molecular formula is C65H66F4N6O9S2. The summed E-state index contributed by atoms with van der Waals surface area (Å²) in [6, 6.07) is 25.3. The summed E-state index contributed by atoms with van der Waals surface area (Å²) in [5, 5.41) is 11.2. The molecule has 1 saturated heterocycles. The quantitative estimate of drug-likeness (QED) is 0.0812. The molecule has 3 atom stereocenters. The molecular weight excluding hydrogens is 1150 g/mol. The summed E-state index contributed by atoms with van der Waals surface area (Å²) >= 11 is 2.43. The second-order valence-electron chi connectivity index (χ2n) is 22.8. The number of amides is 2. The van der Waals surface area contributed by atoms with Crippen LogP contribution in [-0.2, 0) is 46.6 Å². The Morgan fingerprint density at radius 3 is 1.51 bits per heavy atom. The Hall–Kier alpha value is -7.82. The van der Waals surface area contributed by atoms with E-state index in [1.807, 2.05) is 107 Å². The van der Waals surface area contributed by atoms with Crippen molar-refractivity contribution in [3.63, 3.8) is 0 Å². The normalized spacial score (nSPS) is 18.5. The molecule has 21 heteroatoms. The van der Waals surface area contributed by atoms with Crippen LogP contribution in [0.25, 0.3) is 21.1 Å². The Balaban J connectivity index is 0.000000193. The number of halogens is 4. The molecule has 3 unspecified atom stereocenters. The number of benzene rings is 4. The van der Waals surface area contributed by atoms with Gasteiger partial charge in [0.15, 0.2) is 29.2 Å². The highest BCUT2D eigenvalue weighted by Crippen LogP contribution is 2.39. The van der Waals surface area contributed by atoms with Crippen LogP contribution < -0.4 is 20.3 Å². The largest absolute Gasteiger partial charge is 0.483 e. The molecule has 0 bridgehead atoms. The van der Waals surface area contributed by atoms with Crippen LogP contribution in [0.3, 0.4) is 0 Å². The van der Waals surface area contributed by atoms with Crippen LogP contribution in [0.2, 0.25) is 0 Å². The first-order valence-corrected chi connectivity index (χ1v) is 30.0. The zero-order valence-corrected chi connectivity index (χ0v) is 50.1. The molecule has 15 nitrogen and oxygen atoms in total. The Morgan fingerprint density at radius 2 is 1.09 bits per heavy atom. The van der Waals surface area contributed by atoms with Gasteiger partial charge in [0.2, 0.25) is 10.9 Å². The highest BCUT2D eigenvalue weighted by molar-refractivity contribution is 7.15. The maximum absolute atomic E-state index is 14.4. The molecule has 0 saturated carbocycles. The molecule has 0 aliphatic carbocycles. The number of hydrogen-bond acceptors (Lipinski definition) is 13. The minimum atomic E-state index is -0.932. The molecule has 0 spiro atoms. The summed E-state index contributed by atoms with van der Waals surface area (Å²) in [4.78, 5) is 69.7. The molecule has 0 radical (unpaired) electrons. The lowest BCUT2D eigenvalue weighted by Gasteiger charge is -2.45. The number of pyridine rings is 2. The number of carbonyl (C=O) groups is 2. The lowest BCUT2D eigenvalue weighted by atomic mass is 9.95. The maximum atomic E-state index is 14.4. The fourth-order valence-electron chi connectivity index (χ4n) is 10.7. The van der Waals surface area contributed by atoms with E-state index in [0.717, 1.165) is 42.5 Å².